The number of anilines is 1. The van der Waals surface area contributed by atoms with Crippen molar-refractivity contribution in [3.8, 4) is 11.5 Å². The topological polar surface area (TPSA) is 91.8 Å². The second-order valence-corrected chi connectivity index (χ2v) is 5.82. The van der Waals surface area contributed by atoms with Gasteiger partial charge in [-0.25, -0.2) is 4.79 Å². The highest BCUT2D eigenvalue weighted by Gasteiger charge is 2.17. The molecular weight excluding hydrogens is 322 g/mol. The molecule has 0 aliphatic heterocycles. The molecule has 0 spiro atoms. The standard InChI is InChI=1S/C18H21N3O4/c1-12-9-14(20-18(24)21(3)11-13(2)17(22)23)6-7-16(12)25-15-5-4-8-19-10-15/h4-10,13H,11H2,1-3H3,(H,20,24)(H,22,23). The van der Waals surface area contributed by atoms with Crippen LogP contribution < -0.4 is 10.1 Å². The number of urea groups is 1. The Kier molecular flexibility index (Phi) is 5.94. The molecule has 0 aliphatic carbocycles. The maximum absolute atomic E-state index is 12.1. The summed E-state index contributed by atoms with van der Waals surface area (Å²) >= 11 is 0. The number of rotatable bonds is 6. The molecule has 1 aromatic carbocycles. The first-order valence-electron chi connectivity index (χ1n) is 7.80. The zero-order valence-corrected chi connectivity index (χ0v) is 14.4. The summed E-state index contributed by atoms with van der Waals surface area (Å²) in [7, 11) is 1.56. The minimum Gasteiger partial charge on any atom is -0.481 e. The van der Waals surface area contributed by atoms with E-state index < -0.39 is 11.9 Å². The average Bonchev–Trinajstić information content (AvgIpc) is 2.58. The second-order valence-electron chi connectivity index (χ2n) is 5.82. The van der Waals surface area contributed by atoms with Crippen LogP contribution >= 0.6 is 0 Å². The Morgan fingerprint density at radius 3 is 2.72 bits per heavy atom. The van der Waals surface area contributed by atoms with Crippen molar-refractivity contribution in [2.45, 2.75) is 13.8 Å². The summed E-state index contributed by atoms with van der Waals surface area (Å²) in [5, 5.41) is 11.7. The molecule has 132 valence electrons. The van der Waals surface area contributed by atoms with Gasteiger partial charge in [0.05, 0.1) is 12.1 Å². The second kappa shape index (κ2) is 8.14. The quantitative estimate of drug-likeness (QED) is 0.839. The van der Waals surface area contributed by atoms with E-state index in [0.717, 1.165) is 5.56 Å². The van der Waals surface area contributed by atoms with E-state index in [1.54, 1.807) is 56.7 Å². The minimum atomic E-state index is -0.938. The van der Waals surface area contributed by atoms with Crippen molar-refractivity contribution in [3.63, 3.8) is 0 Å². The van der Waals surface area contributed by atoms with E-state index in [9.17, 15) is 9.59 Å². The van der Waals surface area contributed by atoms with Gasteiger partial charge in [-0.15, -0.1) is 0 Å². The monoisotopic (exact) mass is 343 g/mol. The van der Waals surface area contributed by atoms with Gasteiger partial charge >= 0.3 is 12.0 Å². The molecule has 2 amide bonds. The number of pyridine rings is 1. The molecule has 0 fully saturated rings. The van der Waals surface area contributed by atoms with Crippen molar-refractivity contribution in [2.75, 3.05) is 18.9 Å². The Morgan fingerprint density at radius 2 is 2.12 bits per heavy atom. The fourth-order valence-electron chi connectivity index (χ4n) is 2.17. The van der Waals surface area contributed by atoms with Gasteiger partial charge in [0, 0.05) is 25.5 Å². The molecule has 2 rings (SSSR count). The molecule has 25 heavy (non-hydrogen) atoms. The molecule has 1 atom stereocenters. The molecule has 7 heteroatoms. The van der Waals surface area contributed by atoms with Crippen LogP contribution in [0.25, 0.3) is 0 Å². The third kappa shape index (κ3) is 5.20. The minimum absolute atomic E-state index is 0.127. The van der Waals surface area contributed by atoms with Crippen LogP contribution in [0, 0.1) is 12.8 Å². The van der Waals surface area contributed by atoms with Crippen LogP contribution in [0.4, 0.5) is 10.5 Å². The highest BCUT2D eigenvalue weighted by Crippen LogP contribution is 2.26. The highest BCUT2D eigenvalue weighted by atomic mass is 16.5. The van der Waals surface area contributed by atoms with Crippen LogP contribution in [-0.2, 0) is 4.79 Å². The van der Waals surface area contributed by atoms with Crippen molar-refractivity contribution < 1.29 is 19.4 Å². The number of ether oxygens (including phenoxy) is 1. The Hall–Kier alpha value is -3.09. The van der Waals surface area contributed by atoms with Crippen LogP contribution in [0.2, 0.25) is 0 Å². The third-order valence-corrected chi connectivity index (χ3v) is 3.60. The summed E-state index contributed by atoms with van der Waals surface area (Å²) < 4.78 is 5.74. The summed E-state index contributed by atoms with van der Waals surface area (Å²) in [6.07, 6.45) is 3.29. The van der Waals surface area contributed by atoms with Crippen LogP contribution in [0.5, 0.6) is 11.5 Å². The third-order valence-electron chi connectivity index (χ3n) is 3.60. The fraction of sp³-hybridized carbons (Fsp3) is 0.278. The lowest BCUT2D eigenvalue weighted by molar-refractivity contribution is -0.141. The largest absolute Gasteiger partial charge is 0.481 e. The Morgan fingerprint density at radius 1 is 1.36 bits per heavy atom. The van der Waals surface area contributed by atoms with E-state index in [-0.39, 0.29) is 12.6 Å². The van der Waals surface area contributed by atoms with E-state index in [0.29, 0.717) is 17.2 Å². The van der Waals surface area contributed by atoms with Gasteiger partial charge in [-0.05, 0) is 42.8 Å². The van der Waals surface area contributed by atoms with Gasteiger partial charge in [0.25, 0.3) is 0 Å². The normalized spacial score (nSPS) is 11.5. The Balaban J connectivity index is 2.00. The lowest BCUT2D eigenvalue weighted by Crippen LogP contribution is -2.36. The zero-order valence-electron chi connectivity index (χ0n) is 14.4. The first kappa shape index (κ1) is 18.3. The predicted octanol–water partition coefficient (Wildman–Crippen LogP) is 3.37. The number of amides is 2. The maximum Gasteiger partial charge on any atom is 0.321 e. The molecule has 1 heterocycles. The summed E-state index contributed by atoms with van der Waals surface area (Å²) in [5.41, 5.74) is 1.46. The summed E-state index contributed by atoms with van der Waals surface area (Å²) in [6, 6.07) is 8.50. The molecule has 0 aliphatic rings. The van der Waals surface area contributed by atoms with E-state index in [2.05, 4.69) is 10.3 Å². The van der Waals surface area contributed by atoms with Crippen LogP contribution in [0.15, 0.2) is 42.7 Å². The van der Waals surface area contributed by atoms with Gasteiger partial charge in [-0.1, -0.05) is 6.92 Å². The highest BCUT2D eigenvalue weighted by molar-refractivity contribution is 5.89. The summed E-state index contributed by atoms with van der Waals surface area (Å²) in [5.74, 6) is -0.274. The number of carbonyl (C=O) groups is 2. The number of benzene rings is 1. The lowest BCUT2D eigenvalue weighted by atomic mass is 10.2. The van der Waals surface area contributed by atoms with Crippen molar-refractivity contribution in [1.82, 2.24) is 9.88 Å². The molecule has 0 radical (unpaired) electrons. The first-order chi connectivity index (χ1) is 11.9. The van der Waals surface area contributed by atoms with Gasteiger partial charge in [0.2, 0.25) is 0 Å². The molecular formula is C18H21N3O4. The summed E-state index contributed by atoms with van der Waals surface area (Å²) in [4.78, 5) is 28.3. The lowest BCUT2D eigenvalue weighted by Gasteiger charge is -2.20. The first-order valence-corrected chi connectivity index (χ1v) is 7.80. The number of nitrogens with zero attached hydrogens (tertiary/aromatic N) is 2. The number of carbonyl (C=O) groups excluding carboxylic acids is 1. The molecule has 7 nitrogen and oxygen atoms in total. The number of aromatic nitrogens is 1. The van der Waals surface area contributed by atoms with Crippen LogP contribution in [-0.4, -0.2) is 40.6 Å². The van der Waals surface area contributed by atoms with Gasteiger partial charge < -0.3 is 20.1 Å². The fourth-order valence-corrected chi connectivity index (χ4v) is 2.17. The average molecular weight is 343 g/mol. The van der Waals surface area contributed by atoms with Crippen molar-refractivity contribution >= 4 is 17.7 Å². The van der Waals surface area contributed by atoms with Gasteiger partial charge in [0.15, 0.2) is 0 Å². The Bertz CT molecular complexity index is 749. The molecule has 0 saturated carbocycles. The van der Waals surface area contributed by atoms with Crippen LogP contribution in [0.3, 0.4) is 0 Å². The Labute approximate surface area is 146 Å². The number of hydrogen-bond acceptors (Lipinski definition) is 4. The number of carboxylic acids is 1. The van der Waals surface area contributed by atoms with E-state index >= 15 is 0 Å². The van der Waals surface area contributed by atoms with Gasteiger partial charge in [-0.3, -0.25) is 9.78 Å². The number of nitrogens with one attached hydrogen (secondary N) is 1. The van der Waals surface area contributed by atoms with Gasteiger partial charge in [0.1, 0.15) is 11.5 Å². The number of aliphatic carboxylic acids is 1. The number of carboxylic acid groups (broad SMARTS) is 1. The van der Waals surface area contributed by atoms with Gasteiger partial charge in [-0.2, -0.15) is 0 Å². The maximum atomic E-state index is 12.1. The molecule has 1 aromatic heterocycles. The molecule has 0 saturated heterocycles. The predicted molar refractivity (Wildman–Crippen MR) is 93.9 cm³/mol. The van der Waals surface area contributed by atoms with Crippen molar-refractivity contribution in [2.24, 2.45) is 5.92 Å². The molecule has 0 bridgehead atoms. The van der Waals surface area contributed by atoms with Crippen molar-refractivity contribution in [3.05, 3.63) is 48.3 Å². The number of aryl methyl sites for hydroxylation is 1. The van der Waals surface area contributed by atoms with E-state index in [4.69, 9.17) is 9.84 Å². The van der Waals surface area contributed by atoms with E-state index in [1.165, 1.54) is 4.90 Å². The SMILES string of the molecule is Cc1cc(NC(=O)N(C)CC(C)C(=O)O)ccc1Oc1cccnc1. The smallest absolute Gasteiger partial charge is 0.321 e. The molecule has 1 unspecified atom stereocenters. The zero-order chi connectivity index (χ0) is 18.4. The number of hydrogen-bond donors (Lipinski definition) is 2. The van der Waals surface area contributed by atoms with Crippen LogP contribution in [0.1, 0.15) is 12.5 Å². The molecule has 2 aromatic rings. The summed E-state index contributed by atoms with van der Waals surface area (Å²) in [6.45, 7) is 3.56. The van der Waals surface area contributed by atoms with E-state index in [1.807, 2.05) is 6.92 Å². The molecule has 2 N–H and O–H groups in total. The van der Waals surface area contributed by atoms with Crippen molar-refractivity contribution in [1.29, 1.82) is 0 Å².